The van der Waals surface area contributed by atoms with E-state index in [1.807, 2.05) is 32.9 Å². The summed E-state index contributed by atoms with van der Waals surface area (Å²) in [7, 11) is 0. The summed E-state index contributed by atoms with van der Waals surface area (Å²) in [6, 6.07) is 5.00. The lowest BCUT2D eigenvalue weighted by Gasteiger charge is -2.27. The van der Waals surface area contributed by atoms with Gasteiger partial charge in [0, 0.05) is 23.7 Å². The minimum absolute atomic E-state index is 0.0477. The summed E-state index contributed by atoms with van der Waals surface area (Å²) < 4.78 is 0. The van der Waals surface area contributed by atoms with Gasteiger partial charge in [-0.25, -0.2) is 0 Å². The molecule has 1 fully saturated rings. The average molecular weight is 295 g/mol. The van der Waals surface area contributed by atoms with Gasteiger partial charge in [0.05, 0.1) is 0 Å². The van der Waals surface area contributed by atoms with Crippen LogP contribution in [0.25, 0.3) is 0 Å². The molecule has 1 aromatic carbocycles. The Morgan fingerprint density at radius 2 is 2.05 bits per heavy atom. The van der Waals surface area contributed by atoms with Gasteiger partial charge in [0.1, 0.15) is 6.04 Å². The Hall–Kier alpha value is -1.55. The molecule has 108 valence electrons. The lowest BCUT2D eigenvalue weighted by Crippen LogP contribution is -2.48. The molecule has 2 amide bonds. The van der Waals surface area contributed by atoms with Crippen molar-refractivity contribution in [3.63, 3.8) is 0 Å². The van der Waals surface area contributed by atoms with Gasteiger partial charge in [0.25, 0.3) is 0 Å². The molecule has 0 aliphatic carbocycles. The maximum absolute atomic E-state index is 12.7. The van der Waals surface area contributed by atoms with Gasteiger partial charge in [-0.15, -0.1) is 0 Å². The highest BCUT2D eigenvalue weighted by Gasteiger charge is 2.33. The molecule has 5 heteroatoms. The molecule has 1 heterocycles. The van der Waals surface area contributed by atoms with Gasteiger partial charge < -0.3 is 10.2 Å². The predicted octanol–water partition coefficient (Wildman–Crippen LogP) is 2.53. The van der Waals surface area contributed by atoms with Gasteiger partial charge in [0.15, 0.2) is 0 Å². The normalized spacial score (nSPS) is 20.1. The molecule has 1 unspecified atom stereocenters. The van der Waals surface area contributed by atoms with E-state index in [2.05, 4.69) is 5.32 Å². The first kappa shape index (κ1) is 14.9. The number of hydrogen-bond donors (Lipinski definition) is 1. The van der Waals surface area contributed by atoms with Crippen LogP contribution in [0.4, 0.5) is 5.69 Å². The summed E-state index contributed by atoms with van der Waals surface area (Å²) in [5.41, 5.74) is 1.64. The van der Waals surface area contributed by atoms with E-state index in [-0.39, 0.29) is 17.7 Å². The molecule has 0 radical (unpaired) electrons. The Labute approximate surface area is 124 Å². The van der Waals surface area contributed by atoms with Crippen LogP contribution in [-0.2, 0) is 9.59 Å². The van der Waals surface area contributed by atoms with Crippen LogP contribution in [0, 0.1) is 12.8 Å². The SMILES string of the molecule is Cc1c(Cl)cccc1N1CCC(=O)NC(C(C)C)C1=O. The molecular weight excluding hydrogens is 276 g/mol. The summed E-state index contributed by atoms with van der Waals surface area (Å²) in [5.74, 6) is -0.109. The summed E-state index contributed by atoms with van der Waals surface area (Å²) in [4.78, 5) is 26.1. The standard InChI is InChI=1S/C15H19ClN2O2/c1-9(2)14-15(20)18(8-7-13(19)17-14)12-6-4-5-11(16)10(12)3/h4-6,9,14H,7-8H2,1-3H3,(H,17,19). The van der Waals surface area contributed by atoms with Crippen LogP contribution < -0.4 is 10.2 Å². The number of anilines is 1. The van der Waals surface area contributed by atoms with Gasteiger partial charge in [-0.2, -0.15) is 0 Å². The van der Waals surface area contributed by atoms with Crippen molar-refractivity contribution in [1.29, 1.82) is 0 Å². The first-order valence-corrected chi connectivity index (χ1v) is 7.15. The van der Waals surface area contributed by atoms with E-state index in [1.54, 1.807) is 11.0 Å². The monoisotopic (exact) mass is 294 g/mol. The third kappa shape index (κ3) is 2.80. The summed E-state index contributed by atoms with van der Waals surface area (Å²) >= 11 is 6.13. The zero-order chi connectivity index (χ0) is 14.9. The lowest BCUT2D eigenvalue weighted by atomic mass is 10.0. The minimum atomic E-state index is -0.483. The molecule has 1 aromatic rings. The number of carbonyl (C=O) groups is 2. The van der Waals surface area contributed by atoms with Crippen LogP contribution in [0.5, 0.6) is 0 Å². The number of hydrogen-bond acceptors (Lipinski definition) is 2. The molecule has 20 heavy (non-hydrogen) atoms. The maximum Gasteiger partial charge on any atom is 0.249 e. The quantitative estimate of drug-likeness (QED) is 0.911. The minimum Gasteiger partial charge on any atom is -0.344 e. The average Bonchev–Trinajstić information content (AvgIpc) is 2.53. The van der Waals surface area contributed by atoms with Crippen molar-refractivity contribution in [3.05, 3.63) is 28.8 Å². The first-order chi connectivity index (χ1) is 9.41. The molecule has 0 aromatic heterocycles. The van der Waals surface area contributed by atoms with Crippen molar-refractivity contribution in [1.82, 2.24) is 5.32 Å². The molecule has 1 aliphatic heterocycles. The van der Waals surface area contributed by atoms with E-state index in [0.29, 0.717) is 18.0 Å². The third-order valence-corrected chi connectivity index (χ3v) is 4.02. The van der Waals surface area contributed by atoms with Crippen LogP contribution in [0.3, 0.4) is 0 Å². The van der Waals surface area contributed by atoms with Crippen molar-refractivity contribution in [2.75, 3.05) is 11.4 Å². The molecule has 1 N–H and O–H groups in total. The molecule has 0 saturated carbocycles. The number of amides is 2. The molecule has 0 bridgehead atoms. The van der Waals surface area contributed by atoms with Gasteiger partial charge in [-0.05, 0) is 30.5 Å². The van der Waals surface area contributed by atoms with Crippen molar-refractivity contribution >= 4 is 29.1 Å². The van der Waals surface area contributed by atoms with E-state index in [9.17, 15) is 9.59 Å². The second kappa shape index (κ2) is 5.83. The highest BCUT2D eigenvalue weighted by molar-refractivity contribution is 6.31. The molecular formula is C15H19ClN2O2. The number of rotatable bonds is 2. The Morgan fingerprint density at radius 1 is 1.35 bits per heavy atom. The fourth-order valence-electron chi connectivity index (χ4n) is 2.38. The number of carbonyl (C=O) groups excluding carboxylic acids is 2. The van der Waals surface area contributed by atoms with Crippen molar-refractivity contribution in [2.24, 2.45) is 5.92 Å². The Balaban J connectivity index is 2.41. The fraction of sp³-hybridized carbons (Fsp3) is 0.467. The van der Waals surface area contributed by atoms with E-state index < -0.39 is 6.04 Å². The van der Waals surface area contributed by atoms with Crippen LogP contribution in [-0.4, -0.2) is 24.4 Å². The zero-order valence-electron chi connectivity index (χ0n) is 11.9. The number of halogens is 1. The summed E-state index contributed by atoms with van der Waals surface area (Å²) in [6.45, 7) is 6.12. The van der Waals surface area contributed by atoms with Crippen LogP contribution >= 0.6 is 11.6 Å². The van der Waals surface area contributed by atoms with Gasteiger partial charge >= 0.3 is 0 Å². The molecule has 2 rings (SSSR count). The lowest BCUT2D eigenvalue weighted by molar-refractivity contribution is -0.126. The van der Waals surface area contributed by atoms with Crippen molar-refractivity contribution in [3.8, 4) is 0 Å². The first-order valence-electron chi connectivity index (χ1n) is 6.77. The molecule has 4 nitrogen and oxygen atoms in total. The molecule has 1 atom stereocenters. The number of nitrogens with one attached hydrogen (secondary N) is 1. The third-order valence-electron chi connectivity index (χ3n) is 3.61. The second-order valence-corrected chi connectivity index (χ2v) is 5.82. The molecule has 1 aliphatic rings. The molecule has 0 spiro atoms. The number of nitrogens with zero attached hydrogens (tertiary/aromatic N) is 1. The zero-order valence-corrected chi connectivity index (χ0v) is 12.7. The van der Waals surface area contributed by atoms with Crippen LogP contribution in [0.1, 0.15) is 25.8 Å². The van der Waals surface area contributed by atoms with Gasteiger partial charge in [-0.1, -0.05) is 31.5 Å². The van der Waals surface area contributed by atoms with E-state index in [1.165, 1.54) is 0 Å². The maximum atomic E-state index is 12.7. The number of benzene rings is 1. The predicted molar refractivity (Wildman–Crippen MR) is 79.9 cm³/mol. The van der Waals surface area contributed by atoms with Crippen LogP contribution in [0.2, 0.25) is 5.02 Å². The Bertz CT molecular complexity index is 543. The summed E-state index contributed by atoms with van der Waals surface area (Å²) in [6.07, 6.45) is 0.306. The van der Waals surface area contributed by atoms with Crippen molar-refractivity contribution in [2.45, 2.75) is 33.2 Å². The van der Waals surface area contributed by atoms with Crippen molar-refractivity contribution < 1.29 is 9.59 Å². The highest BCUT2D eigenvalue weighted by atomic mass is 35.5. The highest BCUT2D eigenvalue weighted by Crippen LogP contribution is 2.28. The van der Waals surface area contributed by atoms with Gasteiger partial charge in [0.2, 0.25) is 11.8 Å². The summed E-state index contributed by atoms with van der Waals surface area (Å²) in [5, 5.41) is 3.42. The fourth-order valence-corrected chi connectivity index (χ4v) is 2.55. The smallest absolute Gasteiger partial charge is 0.249 e. The van der Waals surface area contributed by atoms with E-state index in [0.717, 1.165) is 11.3 Å². The van der Waals surface area contributed by atoms with E-state index >= 15 is 0 Å². The second-order valence-electron chi connectivity index (χ2n) is 5.41. The largest absolute Gasteiger partial charge is 0.344 e. The Morgan fingerprint density at radius 3 is 2.70 bits per heavy atom. The Kier molecular flexibility index (Phi) is 4.33. The van der Waals surface area contributed by atoms with Crippen LogP contribution in [0.15, 0.2) is 18.2 Å². The van der Waals surface area contributed by atoms with E-state index in [4.69, 9.17) is 11.6 Å². The van der Waals surface area contributed by atoms with Gasteiger partial charge in [-0.3, -0.25) is 9.59 Å². The molecule has 1 saturated heterocycles. The topological polar surface area (TPSA) is 49.4 Å².